The predicted molar refractivity (Wildman–Crippen MR) is 110 cm³/mol. The highest BCUT2D eigenvalue weighted by Crippen LogP contribution is 2.38. The largest absolute Gasteiger partial charge is 0.455 e. The molecule has 1 fully saturated rings. The van der Waals surface area contributed by atoms with E-state index in [4.69, 9.17) is 16.3 Å². The third-order valence-corrected chi connectivity index (χ3v) is 5.44. The third-order valence-electron chi connectivity index (χ3n) is 4.27. The van der Waals surface area contributed by atoms with Gasteiger partial charge >= 0.3 is 0 Å². The number of nitrogens with zero attached hydrogens (tertiary/aromatic N) is 3. The van der Waals surface area contributed by atoms with E-state index in [0.29, 0.717) is 28.3 Å². The molecular formula is C20H19ClN4O2S. The molecule has 8 heteroatoms. The number of carbonyl (C=O) groups is 1. The summed E-state index contributed by atoms with van der Waals surface area (Å²) in [5.41, 5.74) is 0.529. The molecule has 2 aromatic carbocycles. The van der Waals surface area contributed by atoms with Gasteiger partial charge in [-0.05, 0) is 50.1 Å². The first kappa shape index (κ1) is 18.8. The van der Waals surface area contributed by atoms with Crippen molar-refractivity contribution in [3.8, 4) is 11.5 Å². The summed E-state index contributed by atoms with van der Waals surface area (Å²) in [4.78, 5) is 12.5. The van der Waals surface area contributed by atoms with Gasteiger partial charge in [-0.2, -0.15) is 0 Å². The van der Waals surface area contributed by atoms with Gasteiger partial charge in [0.25, 0.3) is 0 Å². The van der Waals surface area contributed by atoms with Crippen LogP contribution in [0.15, 0.2) is 53.7 Å². The Morgan fingerprint density at radius 3 is 2.79 bits per heavy atom. The molecule has 1 amide bonds. The lowest BCUT2D eigenvalue weighted by atomic mass is 10.3. The number of nitrogens with one attached hydrogen (secondary N) is 1. The maximum atomic E-state index is 12.5. The zero-order chi connectivity index (χ0) is 19.5. The highest BCUT2D eigenvalue weighted by atomic mass is 35.5. The van der Waals surface area contributed by atoms with E-state index in [9.17, 15) is 4.79 Å². The fourth-order valence-electron chi connectivity index (χ4n) is 2.82. The molecule has 3 aromatic rings. The molecule has 0 bridgehead atoms. The van der Waals surface area contributed by atoms with Crippen LogP contribution in [0.5, 0.6) is 11.5 Å². The predicted octanol–water partition coefficient (Wildman–Crippen LogP) is 5.10. The average molecular weight is 415 g/mol. The van der Waals surface area contributed by atoms with E-state index in [2.05, 4.69) is 20.1 Å². The molecule has 0 spiro atoms. The van der Waals surface area contributed by atoms with E-state index >= 15 is 0 Å². The summed E-state index contributed by atoms with van der Waals surface area (Å²) in [6.45, 7) is 1.94. The smallest absolute Gasteiger partial charge is 0.234 e. The Kier molecular flexibility index (Phi) is 5.54. The number of aromatic nitrogens is 3. The normalized spacial score (nSPS) is 13.4. The summed E-state index contributed by atoms with van der Waals surface area (Å²) < 4.78 is 8.00. The van der Waals surface area contributed by atoms with Crippen molar-refractivity contribution in [2.24, 2.45) is 0 Å². The number of rotatable bonds is 7. The number of para-hydroxylation sites is 1. The van der Waals surface area contributed by atoms with Crippen molar-refractivity contribution in [1.29, 1.82) is 0 Å². The number of halogens is 1. The van der Waals surface area contributed by atoms with E-state index in [1.165, 1.54) is 11.8 Å². The summed E-state index contributed by atoms with van der Waals surface area (Å²) >= 11 is 7.49. The first-order valence-corrected chi connectivity index (χ1v) is 10.3. The Hall–Kier alpha value is -2.51. The Morgan fingerprint density at radius 2 is 2.04 bits per heavy atom. The first-order valence-electron chi connectivity index (χ1n) is 8.97. The Morgan fingerprint density at radius 1 is 1.25 bits per heavy atom. The Balaban J connectivity index is 1.43. The minimum absolute atomic E-state index is 0.159. The molecule has 1 heterocycles. The van der Waals surface area contributed by atoms with Gasteiger partial charge in [-0.25, -0.2) is 0 Å². The van der Waals surface area contributed by atoms with Crippen molar-refractivity contribution in [3.05, 3.63) is 59.4 Å². The molecule has 144 valence electrons. The van der Waals surface area contributed by atoms with Gasteiger partial charge in [0.2, 0.25) is 5.91 Å². The highest BCUT2D eigenvalue weighted by Gasteiger charge is 2.28. The number of hydrogen-bond donors (Lipinski definition) is 1. The van der Waals surface area contributed by atoms with E-state index in [1.807, 2.05) is 37.3 Å². The molecule has 0 aliphatic heterocycles. The van der Waals surface area contributed by atoms with Crippen molar-refractivity contribution < 1.29 is 9.53 Å². The standard InChI is InChI=1S/C20H19ClN4O2S/c1-13-23-24-20(25(13)15-8-9-15)28-12-19(26)22-17-11-14(21)7-10-18(17)27-16-5-3-2-4-6-16/h2-7,10-11,15H,8-9,12H2,1H3,(H,22,26). The van der Waals surface area contributed by atoms with Crippen LogP contribution in [0, 0.1) is 6.92 Å². The van der Waals surface area contributed by atoms with Crippen molar-refractivity contribution in [3.63, 3.8) is 0 Å². The Bertz CT molecular complexity index is 989. The molecular weight excluding hydrogens is 396 g/mol. The van der Waals surface area contributed by atoms with Gasteiger partial charge in [0.05, 0.1) is 11.4 Å². The second kappa shape index (κ2) is 8.24. The van der Waals surface area contributed by atoms with Crippen LogP contribution >= 0.6 is 23.4 Å². The maximum absolute atomic E-state index is 12.5. The van der Waals surface area contributed by atoms with Crippen LogP contribution in [0.2, 0.25) is 5.02 Å². The molecule has 28 heavy (non-hydrogen) atoms. The Labute approximate surface area is 172 Å². The quantitative estimate of drug-likeness (QED) is 0.545. The van der Waals surface area contributed by atoms with E-state index in [0.717, 1.165) is 23.8 Å². The van der Waals surface area contributed by atoms with Crippen LogP contribution in [-0.2, 0) is 4.79 Å². The lowest BCUT2D eigenvalue weighted by Crippen LogP contribution is -2.15. The van der Waals surface area contributed by atoms with Gasteiger partial charge in [-0.1, -0.05) is 41.6 Å². The highest BCUT2D eigenvalue weighted by molar-refractivity contribution is 7.99. The topological polar surface area (TPSA) is 69.0 Å². The lowest BCUT2D eigenvalue weighted by molar-refractivity contribution is -0.113. The van der Waals surface area contributed by atoms with Crippen LogP contribution in [0.1, 0.15) is 24.7 Å². The molecule has 4 rings (SSSR count). The van der Waals surface area contributed by atoms with Crippen LogP contribution < -0.4 is 10.1 Å². The van der Waals surface area contributed by atoms with Crippen molar-refractivity contribution in [2.75, 3.05) is 11.1 Å². The molecule has 0 atom stereocenters. The van der Waals surface area contributed by atoms with Crippen molar-refractivity contribution >= 4 is 35.0 Å². The summed E-state index contributed by atoms with van der Waals surface area (Å²) in [6, 6.07) is 15.0. The third kappa shape index (κ3) is 4.48. The molecule has 0 saturated heterocycles. The second-order valence-corrected chi connectivity index (χ2v) is 7.90. The number of anilines is 1. The van der Waals surface area contributed by atoms with Gasteiger partial charge in [-0.3, -0.25) is 4.79 Å². The number of carbonyl (C=O) groups excluding carboxylic acids is 1. The van der Waals surface area contributed by atoms with Crippen LogP contribution in [0.25, 0.3) is 0 Å². The minimum atomic E-state index is -0.159. The number of thioether (sulfide) groups is 1. The SMILES string of the molecule is Cc1nnc(SCC(=O)Nc2cc(Cl)ccc2Oc2ccccc2)n1C1CC1. The fraction of sp³-hybridized carbons (Fsp3) is 0.250. The summed E-state index contributed by atoms with van der Waals surface area (Å²) in [5.74, 6) is 2.17. The zero-order valence-corrected chi connectivity index (χ0v) is 16.8. The minimum Gasteiger partial charge on any atom is -0.455 e. The van der Waals surface area contributed by atoms with E-state index in [-0.39, 0.29) is 11.7 Å². The molecule has 1 N–H and O–H groups in total. The molecule has 6 nitrogen and oxygen atoms in total. The van der Waals surface area contributed by atoms with Gasteiger partial charge in [0.15, 0.2) is 10.9 Å². The molecule has 0 unspecified atom stereocenters. The van der Waals surface area contributed by atoms with Crippen LogP contribution in [0.4, 0.5) is 5.69 Å². The summed E-state index contributed by atoms with van der Waals surface area (Å²) in [7, 11) is 0. The van der Waals surface area contributed by atoms with Crippen LogP contribution in [-0.4, -0.2) is 26.4 Å². The number of hydrogen-bond acceptors (Lipinski definition) is 5. The molecule has 1 aromatic heterocycles. The number of amides is 1. The van der Waals surface area contributed by atoms with Gasteiger partial charge in [0.1, 0.15) is 11.6 Å². The van der Waals surface area contributed by atoms with Gasteiger partial charge in [0, 0.05) is 11.1 Å². The summed E-state index contributed by atoms with van der Waals surface area (Å²) in [6.07, 6.45) is 2.28. The number of ether oxygens (including phenoxy) is 1. The maximum Gasteiger partial charge on any atom is 0.234 e. The number of aryl methyl sites for hydroxylation is 1. The van der Waals surface area contributed by atoms with E-state index < -0.39 is 0 Å². The monoisotopic (exact) mass is 414 g/mol. The first-order chi connectivity index (χ1) is 13.6. The molecule has 0 radical (unpaired) electrons. The molecule has 1 aliphatic carbocycles. The van der Waals surface area contributed by atoms with Gasteiger partial charge in [-0.15, -0.1) is 10.2 Å². The molecule has 1 saturated carbocycles. The summed E-state index contributed by atoms with van der Waals surface area (Å²) in [5, 5.41) is 12.5. The fourth-order valence-corrected chi connectivity index (χ4v) is 3.85. The second-order valence-electron chi connectivity index (χ2n) is 6.52. The van der Waals surface area contributed by atoms with Crippen LogP contribution in [0.3, 0.4) is 0 Å². The number of benzene rings is 2. The van der Waals surface area contributed by atoms with Crippen molar-refractivity contribution in [2.45, 2.75) is 31.0 Å². The average Bonchev–Trinajstić information content (AvgIpc) is 3.45. The zero-order valence-electron chi connectivity index (χ0n) is 15.3. The van der Waals surface area contributed by atoms with Gasteiger partial charge < -0.3 is 14.6 Å². The van der Waals surface area contributed by atoms with Crippen molar-refractivity contribution in [1.82, 2.24) is 14.8 Å². The lowest BCUT2D eigenvalue weighted by Gasteiger charge is -2.13. The van der Waals surface area contributed by atoms with E-state index in [1.54, 1.807) is 18.2 Å². The molecule has 1 aliphatic rings.